The van der Waals surface area contributed by atoms with Crippen molar-refractivity contribution in [1.82, 2.24) is 0 Å². The highest BCUT2D eigenvalue weighted by Gasteiger charge is 2.19. The van der Waals surface area contributed by atoms with Gasteiger partial charge >= 0.3 is 0 Å². The fraction of sp³-hybridized carbons (Fsp3) is 0.368. The summed E-state index contributed by atoms with van der Waals surface area (Å²) in [5.74, 6) is 0.760. The van der Waals surface area contributed by atoms with E-state index in [9.17, 15) is 5.11 Å². The first-order valence-electron chi connectivity index (χ1n) is 8.25. The number of ether oxygens (including phenoxy) is 1. The maximum Gasteiger partial charge on any atom is 0.120 e. The van der Waals surface area contributed by atoms with Crippen molar-refractivity contribution in [2.45, 2.75) is 25.5 Å². The largest absolute Gasteiger partial charge is 0.497 e. The Morgan fingerprint density at radius 1 is 1.21 bits per heavy atom. The van der Waals surface area contributed by atoms with Gasteiger partial charge in [-0.15, -0.1) is 0 Å². The highest BCUT2D eigenvalue weighted by atomic mass is 35.5. The maximum absolute atomic E-state index is 9.70. The predicted octanol–water partition coefficient (Wildman–Crippen LogP) is 3.92. The third kappa shape index (κ3) is 3.94. The van der Waals surface area contributed by atoms with E-state index in [1.165, 1.54) is 5.69 Å². The lowest BCUT2D eigenvalue weighted by Crippen LogP contribution is -2.36. The Morgan fingerprint density at radius 3 is 2.67 bits per heavy atom. The third-order valence-electron chi connectivity index (χ3n) is 4.44. The summed E-state index contributed by atoms with van der Waals surface area (Å²) in [4.78, 5) is 2.32. The lowest BCUT2D eigenvalue weighted by molar-refractivity contribution is 0.145. The minimum absolute atomic E-state index is 0.167. The van der Waals surface area contributed by atoms with Crippen LogP contribution in [-0.2, 0) is 6.54 Å². The lowest BCUT2D eigenvalue weighted by atomic mass is 10.1. The Labute approximate surface area is 148 Å². The molecule has 0 amide bonds. The van der Waals surface area contributed by atoms with E-state index >= 15 is 0 Å². The number of rotatable bonds is 5. The maximum atomic E-state index is 9.70. The molecule has 0 radical (unpaired) electrons. The summed E-state index contributed by atoms with van der Waals surface area (Å²) in [5, 5.41) is 13.9. The average Bonchev–Trinajstić information content (AvgIpc) is 2.61. The van der Waals surface area contributed by atoms with Crippen molar-refractivity contribution in [2.24, 2.45) is 0 Å². The van der Waals surface area contributed by atoms with Gasteiger partial charge < -0.3 is 20.1 Å². The van der Waals surface area contributed by atoms with Crippen molar-refractivity contribution < 1.29 is 9.84 Å². The summed E-state index contributed by atoms with van der Waals surface area (Å²) < 4.78 is 5.19. The van der Waals surface area contributed by atoms with Crippen LogP contribution in [0.15, 0.2) is 42.5 Å². The van der Waals surface area contributed by atoms with Gasteiger partial charge in [0.05, 0.1) is 24.6 Å². The Bertz CT molecular complexity index is 685. The van der Waals surface area contributed by atoms with E-state index in [1.807, 2.05) is 30.3 Å². The number of methoxy groups -OCH3 is 1. The van der Waals surface area contributed by atoms with Crippen LogP contribution in [0, 0.1) is 0 Å². The molecular formula is C19H23ClN2O2. The first-order chi connectivity index (χ1) is 11.7. The number of aliphatic hydroxyl groups is 1. The van der Waals surface area contributed by atoms with E-state index in [0.717, 1.165) is 42.9 Å². The molecule has 1 fully saturated rings. The highest BCUT2D eigenvalue weighted by molar-refractivity contribution is 6.31. The van der Waals surface area contributed by atoms with Crippen LogP contribution >= 0.6 is 11.6 Å². The summed E-state index contributed by atoms with van der Waals surface area (Å²) in [7, 11) is 1.63. The molecule has 1 aliphatic heterocycles. The summed E-state index contributed by atoms with van der Waals surface area (Å²) >= 11 is 6.32. The standard InChI is InChI=1S/C19H23ClN2O2/c1-24-16-7-6-14(17(20)12-16)13-21-18-4-2-3-5-19(18)22-10-8-15(23)9-11-22/h2-7,12,15,21,23H,8-11,13H2,1H3. The van der Waals surface area contributed by atoms with E-state index < -0.39 is 0 Å². The normalized spacial score (nSPS) is 15.4. The van der Waals surface area contributed by atoms with Crippen LogP contribution in [0.3, 0.4) is 0 Å². The van der Waals surface area contributed by atoms with Gasteiger partial charge in [-0.05, 0) is 42.7 Å². The van der Waals surface area contributed by atoms with Crippen molar-refractivity contribution in [3.63, 3.8) is 0 Å². The topological polar surface area (TPSA) is 44.7 Å². The van der Waals surface area contributed by atoms with Gasteiger partial charge in [-0.25, -0.2) is 0 Å². The van der Waals surface area contributed by atoms with Gasteiger partial charge in [-0.3, -0.25) is 0 Å². The molecular weight excluding hydrogens is 324 g/mol. The number of aliphatic hydroxyl groups excluding tert-OH is 1. The molecule has 0 bridgehead atoms. The fourth-order valence-electron chi connectivity index (χ4n) is 2.99. The van der Waals surface area contributed by atoms with E-state index in [4.69, 9.17) is 16.3 Å². The molecule has 0 spiro atoms. The molecule has 4 nitrogen and oxygen atoms in total. The SMILES string of the molecule is COc1ccc(CNc2ccccc2N2CCC(O)CC2)c(Cl)c1. The lowest BCUT2D eigenvalue weighted by Gasteiger charge is -2.33. The van der Waals surface area contributed by atoms with Gasteiger partial charge in [0.2, 0.25) is 0 Å². The summed E-state index contributed by atoms with van der Waals surface area (Å²) in [5.41, 5.74) is 3.29. The van der Waals surface area contributed by atoms with Crippen LogP contribution in [0.25, 0.3) is 0 Å². The molecule has 0 unspecified atom stereocenters. The number of benzene rings is 2. The zero-order valence-corrected chi connectivity index (χ0v) is 14.6. The molecule has 1 aliphatic rings. The molecule has 24 heavy (non-hydrogen) atoms. The second-order valence-corrected chi connectivity index (χ2v) is 6.45. The van der Waals surface area contributed by atoms with Crippen molar-refractivity contribution in [2.75, 3.05) is 30.4 Å². The minimum Gasteiger partial charge on any atom is -0.497 e. The molecule has 0 aromatic heterocycles. The Balaban J connectivity index is 1.71. The summed E-state index contributed by atoms with van der Waals surface area (Å²) in [6.45, 7) is 2.41. The first-order valence-corrected chi connectivity index (χ1v) is 8.63. The van der Waals surface area contributed by atoms with Gasteiger partial charge in [0.25, 0.3) is 0 Å². The fourth-order valence-corrected chi connectivity index (χ4v) is 3.23. The molecule has 0 saturated carbocycles. The number of anilines is 2. The second kappa shape index (κ2) is 7.77. The Hall–Kier alpha value is -1.91. The number of hydrogen-bond donors (Lipinski definition) is 2. The predicted molar refractivity (Wildman–Crippen MR) is 99.2 cm³/mol. The van der Waals surface area contributed by atoms with Crippen molar-refractivity contribution in [1.29, 1.82) is 0 Å². The van der Waals surface area contributed by atoms with Crippen molar-refractivity contribution >= 4 is 23.0 Å². The van der Waals surface area contributed by atoms with Crippen molar-refractivity contribution in [3.8, 4) is 5.75 Å². The zero-order valence-electron chi connectivity index (χ0n) is 13.8. The van der Waals surface area contributed by atoms with Crippen LogP contribution in [0.1, 0.15) is 18.4 Å². The van der Waals surface area contributed by atoms with E-state index in [1.54, 1.807) is 7.11 Å². The number of nitrogens with one attached hydrogen (secondary N) is 1. The Kier molecular flexibility index (Phi) is 5.48. The summed E-state index contributed by atoms with van der Waals surface area (Å²) in [6, 6.07) is 14.0. The molecule has 0 atom stereocenters. The molecule has 1 saturated heterocycles. The highest BCUT2D eigenvalue weighted by Crippen LogP contribution is 2.30. The average molecular weight is 347 g/mol. The molecule has 2 aromatic rings. The van der Waals surface area contributed by atoms with Crippen LogP contribution < -0.4 is 15.0 Å². The Morgan fingerprint density at radius 2 is 1.96 bits per heavy atom. The van der Waals surface area contributed by atoms with E-state index in [2.05, 4.69) is 22.3 Å². The van der Waals surface area contributed by atoms with Gasteiger partial charge in [0.1, 0.15) is 5.75 Å². The van der Waals surface area contributed by atoms with Crippen molar-refractivity contribution in [3.05, 3.63) is 53.1 Å². The minimum atomic E-state index is -0.167. The monoisotopic (exact) mass is 346 g/mol. The molecule has 5 heteroatoms. The molecule has 2 aromatic carbocycles. The molecule has 128 valence electrons. The molecule has 2 N–H and O–H groups in total. The zero-order chi connectivity index (χ0) is 16.9. The third-order valence-corrected chi connectivity index (χ3v) is 4.79. The smallest absolute Gasteiger partial charge is 0.120 e. The summed E-state index contributed by atoms with van der Waals surface area (Å²) in [6.07, 6.45) is 1.47. The van der Waals surface area contributed by atoms with E-state index in [0.29, 0.717) is 11.6 Å². The van der Waals surface area contributed by atoms with E-state index in [-0.39, 0.29) is 6.10 Å². The van der Waals surface area contributed by atoms with Crippen LogP contribution in [0.2, 0.25) is 5.02 Å². The van der Waals surface area contributed by atoms with Gasteiger partial charge in [0, 0.05) is 24.7 Å². The number of para-hydroxylation sites is 2. The molecule has 0 aliphatic carbocycles. The molecule has 3 rings (SSSR count). The van der Waals surface area contributed by atoms with Gasteiger partial charge in [-0.2, -0.15) is 0 Å². The number of piperidine rings is 1. The number of nitrogens with zero attached hydrogens (tertiary/aromatic N) is 1. The second-order valence-electron chi connectivity index (χ2n) is 6.05. The number of halogens is 1. The number of hydrogen-bond acceptors (Lipinski definition) is 4. The molecule has 1 heterocycles. The quantitative estimate of drug-likeness (QED) is 0.861. The first kappa shape index (κ1) is 16.9. The van der Waals surface area contributed by atoms with Gasteiger partial charge in [-0.1, -0.05) is 29.8 Å². The van der Waals surface area contributed by atoms with Crippen LogP contribution in [0.4, 0.5) is 11.4 Å². The van der Waals surface area contributed by atoms with Crippen LogP contribution in [-0.4, -0.2) is 31.4 Å². The van der Waals surface area contributed by atoms with Gasteiger partial charge in [0.15, 0.2) is 0 Å². The van der Waals surface area contributed by atoms with Crippen LogP contribution in [0.5, 0.6) is 5.75 Å².